The number of carbonyl (C=O) groups excluding carboxylic acids is 2. The second kappa shape index (κ2) is 6.01. The normalized spacial score (nSPS) is 10.2. The molecule has 2 aromatic rings. The fraction of sp³-hybridized carbons (Fsp3) is 0.0833. The maximum Gasteiger partial charge on any atom is 0.287 e. The molecule has 0 spiro atoms. The Bertz CT molecular complexity index is 686. The number of amides is 2. The summed E-state index contributed by atoms with van der Waals surface area (Å²) in [4.78, 5) is 22.4. The van der Waals surface area contributed by atoms with Crippen molar-refractivity contribution in [2.45, 2.75) is 6.61 Å². The predicted molar refractivity (Wildman–Crippen MR) is 67.4 cm³/mol. The number of hydrogen-bond acceptors (Lipinski definition) is 6. The predicted octanol–water partition coefficient (Wildman–Crippen LogP) is 0.0951. The lowest BCUT2D eigenvalue weighted by molar-refractivity contribution is 0.0942. The van der Waals surface area contributed by atoms with Gasteiger partial charge in [-0.05, 0) is 12.1 Å². The third kappa shape index (κ3) is 3.15. The number of hydrazine groups is 1. The molecule has 110 valence electrons. The molecular weight excluding hydrogens is 283 g/mol. The van der Waals surface area contributed by atoms with Crippen LogP contribution in [0.1, 0.15) is 26.6 Å². The van der Waals surface area contributed by atoms with Crippen molar-refractivity contribution in [2.24, 2.45) is 11.6 Å². The SMILES string of the molecule is NNC(=O)c1cc(COc2cccc(F)c2C(N)=O)on1. The van der Waals surface area contributed by atoms with Crippen molar-refractivity contribution in [3.05, 3.63) is 47.1 Å². The Morgan fingerprint density at radius 1 is 1.43 bits per heavy atom. The van der Waals surface area contributed by atoms with E-state index in [4.69, 9.17) is 20.8 Å². The zero-order valence-corrected chi connectivity index (χ0v) is 10.6. The summed E-state index contributed by atoms with van der Waals surface area (Å²) in [5, 5.41) is 3.46. The van der Waals surface area contributed by atoms with Crippen molar-refractivity contribution in [3.63, 3.8) is 0 Å². The van der Waals surface area contributed by atoms with Crippen LogP contribution >= 0.6 is 0 Å². The first-order chi connectivity index (χ1) is 10.0. The molecule has 0 bridgehead atoms. The summed E-state index contributed by atoms with van der Waals surface area (Å²) in [5.41, 5.74) is 6.57. The Balaban J connectivity index is 2.13. The number of nitrogens with zero attached hydrogens (tertiary/aromatic N) is 1. The van der Waals surface area contributed by atoms with Crippen LogP contribution in [-0.2, 0) is 6.61 Å². The number of aromatic nitrogens is 1. The van der Waals surface area contributed by atoms with Gasteiger partial charge in [-0.1, -0.05) is 11.2 Å². The van der Waals surface area contributed by atoms with Crippen molar-refractivity contribution in [1.82, 2.24) is 10.6 Å². The molecule has 0 saturated heterocycles. The summed E-state index contributed by atoms with van der Waals surface area (Å²) in [7, 11) is 0. The Labute approximate surface area is 117 Å². The van der Waals surface area contributed by atoms with Gasteiger partial charge in [0.25, 0.3) is 11.8 Å². The van der Waals surface area contributed by atoms with Gasteiger partial charge >= 0.3 is 0 Å². The number of nitrogen functional groups attached to an aromatic ring is 1. The third-order valence-corrected chi connectivity index (χ3v) is 2.51. The van der Waals surface area contributed by atoms with Gasteiger partial charge in [-0.15, -0.1) is 0 Å². The fourth-order valence-corrected chi connectivity index (χ4v) is 1.57. The van der Waals surface area contributed by atoms with Crippen molar-refractivity contribution in [3.8, 4) is 5.75 Å². The van der Waals surface area contributed by atoms with Gasteiger partial charge in [-0.3, -0.25) is 15.0 Å². The summed E-state index contributed by atoms with van der Waals surface area (Å²) in [6.07, 6.45) is 0. The highest BCUT2D eigenvalue weighted by Gasteiger charge is 2.16. The average molecular weight is 294 g/mol. The third-order valence-electron chi connectivity index (χ3n) is 2.51. The van der Waals surface area contributed by atoms with Crippen molar-refractivity contribution in [2.75, 3.05) is 0 Å². The van der Waals surface area contributed by atoms with Gasteiger partial charge in [-0.25, -0.2) is 10.2 Å². The summed E-state index contributed by atoms with van der Waals surface area (Å²) in [6, 6.07) is 5.13. The van der Waals surface area contributed by atoms with Crippen LogP contribution in [0.15, 0.2) is 28.8 Å². The standard InChI is InChI=1S/C12H11FN4O4/c13-7-2-1-3-9(10(7)11(14)18)20-5-6-4-8(17-21-6)12(19)16-15/h1-4H,5,15H2,(H2,14,18)(H,16,19). The molecule has 1 aromatic carbocycles. The summed E-state index contributed by atoms with van der Waals surface area (Å²) < 4.78 is 23.6. The van der Waals surface area contributed by atoms with E-state index >= 15 is 0 Å². The van der Waals surface area contributed by atoms with E-state index in [0.717, 1.165) is 6.07 Å². The van der Waals surface area contributed by atoms with Crippen LogP contribution in [0.5, 0.6) is 5.75 Å². The van der Waals surface area contributed by atoms with Crippen LogP contribution in [0.25, 0.3) is 0 Å². The van der Waals surface area contributed by atoms with Crippen LogP contribution in [0.2, 0.25) is 0 Å². The number of primary amides is 1. The number of hydrogen-bond donors (Lipinski definition) is 3. The molecule has 9 heteroatoms. The molecule has 5 N–H and O–H groups in total. The number of benzene rings is 1. The monoisotopic (exact) mass is 294 g/mol. The Hall–Kier alpha value is -2.94. The summed E-state index contributed by atoms with van der Waals surface area (Å²) >= 11 is 0. The van der Waals surface area contributed by atoms with E-state index in [1.807, 2.05) is 5.43 Å². The Morgan fingerprint density at radius 3 is 2.86 bits per heavy atom. The van der Waals surface area contributed by atoms with Crippen LogP contribution in [0.3, 0.4) is 0 Å². The topological polar surface area (TPSA) is 133 Å². The summed E-state index contributed by atoms with van der Waals surface area (Å²) in [6.45, 7) is -0.172. The second-order valence-corrected chi connectivity index (χ2v) is 3.92. The Morgan fingerprint density at radius 2 is 2.19 bits per heavy atom. The number of nitrogens with one attached hydrogen (secondary N) is 1. The molecule has 0 aliphatic heterocycles. The minimum Gasteiger partial charge on any atom is -0.485 e. The van der Waals surface area contributed by atoms with E-state index in [0.29, 0.717) is 0 Å². The first-order valence-electron chi connectivity index (χ1n) is 5.70. The molecule has 2 rings (SSSR count). The van der Waals surface area contributed by atoms with Gasteiger partial charge in [0.15, 0.2) is 11.5 Å². The number of halogens is 1. The second-order valence-electron chi connectivity index (χ2n) is 3.92. The average Bonchev–Trinajstić information content (AvgIpc) is 2.92. The van der Waals surface area contributed by atoms with Gasteiger partial charge in [0.2, 0.25) is 0 Å². The van der Waals surface area contributed by atoms with Gasteiger partial charge < -0.3 is 15.0 Å². The van der Waals surface area contributed by atoms with Crippen molar-refractivity contribution >= 4 is 11.8 Å². The minimum absolute atomic E-state index is 0.0366. The maximum atomic E-state index is 13.5. The number of ether oxygens (including phenoxy) is 1. The van der Waals surface area contributed by atoms with E-state index in [-0.39, 0.29) is 29.4 Å². The molecule has 0 aliphatic carbocycles. The first-order valence-corrected chi connectivity index (χ1v) is 5.70. The molecule has 2 amide bonds. The molecule has 1 aromatic heterocycles. The largest absolute Gasteiger partial charge is 0.485 e. The van der Waals surface area contributed by atoms with E-state index in [9.17, 15) is 14.0 Å². The molecule has 0 saturated carbocycles. The quantitative estimate of drug-likeness (QED) is 0.406. The molecule has 1 heterocycles. The number of rotatable bonds is 5. The molecule has 0 radical (unpaired) electrons. The van der Waals surface area contributed by atoms with Crippen LogP contribution in [0, 0.1) is 5.82 Å². The molecule has 8 nitrogen and oxygen atoms in total. The van der Waals surface area contributed by atoms with E-state index < -0.39 is 17.6 Å². The molecule has 0 aliphatic rings. The molecule has 0 atom stereocenters. The molecular formula is C12H11FN4O4. The van der Waals surface area contributed by atoms with Gasteiger partial charge in [-0.2, -0.15) is 0 Å². The fourth-order valence-electron chi connectivity index (χ4n) is 1.57. The highest BCUT2D eigenvalue weighted by Crippen LogP contribution is 2.22. The lowest BCUT2D eigenvalue weighted by atomic mass is 10.2. The van der Waals surface area contributed by atoms with Gasteiger partial charge in [0, 0.05) is 6.07 Å². The number of carbonyl (C=O) groups is 2. The zero-order chi connectivity index (χ0) is 15.4. The first kappa shape index (κ1) is 14.5. The van der Waals surface area contributed by atoms with Crippen LogP contribution in [-0.4, -0.2) is 17.0 Å². The molecule has 21 heavy (non-hydrogen) atoms. The minimum atomic E-state index is -0.955. The van der Waals surface area contributed by atoms with Gasteiger partial charge in [0.1, 0.15) is 23.7 Å². The molecule has 0 fully saturated rings. The number of nitrogens with two attached hydrogens (primary N) is 2. The smallest absolute Gasteiger partial charge is 0.287 e. The van der Waals surface area contributed by atoms with E-state index in [1.165, 1.54) is 18.2 Å². The van der Waals surface area contributed by atoms with Crippen molar-refractivity contribution in [1.29, 1.82) is 0 Å². The Kier molecular flexibility index (Phi) is 4.14. The maximum absolute atomic E-state index is 13.5. The van der Waals surface area contributed by atoms with E-state index in [1.54, 1.807) is 0 Å². The summed E-state index contributed by atoms with van der Waals surface area (Å²) in [5.74, 6) is 2.72. The van der Waals surface area contributed by atoms with E-state index in [2.05, 4.69) is 5.16 Å². The highest BCUT2D eigenvalue weighted by molar-refractivity contribution is 5.95. The lowest BCUT2D eigenvalue weighted by Gasteiger charge is -2.08. The highest BCUT2D eigenvalue weighted by atomic mass is 19.1. The molecule has 0 unspecified atom stereocenters. The van der Waals surface area contributed by atoms with Crippen molar-refractivity contribution < 1.29 is 23.2 Å². The zero-order valence-electron chi connectivity index (χ0n) is 10.6. The lowest BCUT2D eigenvalue weighted by Crippen LogP contribution is -2.30. The van der Waals surface area contributed by atoms with Crippen LogP contribution < -0.4 is 21.7 Å². The van der Waals surface area contributed by atoms with Gasteiger partial charge in [0.05, 0.1) is 0 Å². The van der Waals surface area contributed by atoms with Crippen LogP contribution in [0.4, 0.5) is 4.39 Å².